The number of rotatable bonds is 3. The van der Waals surface area contributed by atoms with Gasteiger partial charge in [0.2, 0.25) is 0 Å². The van der Waals surface area contributed by atoms with E-state index in [-0.39, 0.29) is 22.6 Å². The zero-order valence-corrected chi connectivity index (χ0v) is 10.9. The van der Waals surface area contributed by atoms with Crippen LogP contribution in [0.25, 0.3) is 0 Å². The maximum atomic E-state index is 13.8. The average molecular weight is 278 g/mol. The Morgan fingerprint density at radius 3 is 2.37 bits per heavy atom. The van der Waals surface area contributed by atoms with Crippen molar-refractivity contribution in [3.05, 3.63) is 35.6 Å². The van der Waals surface area contributed by atoms with Gasteiger partial charge in [0.1, 0.15) is 17.5 Å². The van der Waals surface area contributed by atoms with Crippen molar-refractivity contribution in [3.8, 4) is 0 Å². The number of aromatic nitrogens is 2. The van der Waals surface area contributed by atoms with E-state index in [1.165, 1.54) is 25.1 Å². The van der Waals surface area contributed by atoms with Crippen LogP contribution in [0, 0.1) is 5.82 Å². The van der Waals surface area contributed by atoms with Gasteiger partial charge in [-0.3, -0.25) is 4.79 Å². The Balaban J connectivity index is 2.30. The molecule has 0 atom stereocenters. The van der Waals surface area contributed by atoms with Crippen molar-refractivity contribution in [2.45, 2.75) is 17.0 Å². The first-order chi connectivity index (χ1) is 8.95. The fourth-order valence-corrected chi connectivity index (χ4v) is 2.20. The average Bonchev–Trinajstić information content (AvgIpc) is 2.30. The first-order valence-corrected chi connectivity index (χ1v) is 6.16. The predicted octanol–water partition coefficient (Wildman–Crippen LogP) is 2.13. The van der Waals surface area contributed by atoms with Crippen LogP contribution in [0.1, 0.15) is 17.3 Å². The summed E-state index contributed by atoms with van der Waals surface area (Å²) in [4.78, 5) is 19.3. The number of ketones is 1. The molecule has 0 spiro atoms. The van der Waals surface area contributed by atoms with Crippen molar-refractivity contribution in [1.29, 1.82) is 0 Å². The molecule has 4 N–H and O–H groups in total. The molecule has 0 aliphatic heterocycles. The lowest BCUT2D eigenvalue weighted by atomic mass is 10.1. The van der Waals surface area contributed by atoms with Crippen molar-refractivity contribution < 1.29 is 9.18 Å². The third-order valence-corrected chi connectivity index (χ3v) is 3.20. The Morgan fingerprint density at radius 2 is 1.84 bits per heavy atom. The van der Waals surface area contributed by atoms with Gasteiger partial charge in [-0.05, 0) is 30.8 Å². The third kappa shape index (κ3) is 3.19. The van der Waals surface area contributed by atoms with Crippen LogP contribution >= 0.6 is 11.8 Å². The third-order valence-electron chi connectivity index (χ3n) is 2.28. The minimum atomic E-state index is -0.512. The number of Topliss-reactive ketones (excluding diaryl/α,β-unsaturated/α-hetero) is 1. The molecule has 2 rings (SSSR count). The molecule has 0 fully saturated rings. The number of halogens is 1. The smallest absolute Gasteiger partial charge is 0.196 e. The van der Waals surface area contributed by atoms with E-state index in [0.717, 1.165) is 11.8 Å². The minimum Gasteiger partial charge on any atom is -0.383 e. The van der Waals surface area contributed by atoms with Gasteiger partial charge in [-0.1, -0.05) is 6.07 Å². The molecule has 7 heteroatoms. The highest BCUT2D eigenvalue weighted by Gasteiger charge is 2.10. The van der Waals surface area contributed by atoms with E-state index in [2.05, 4.69) is 9.97 Å². The second-order valence-corrected chi connectivity index (χ2v) is 4.81. The molecule has 0 aliphatic carbocycles. The summed E-state index contributed by atoms with van der Waals surface area (Å²) in [5.74, 6) is -0.270. The highest BCUT2D eigenvalue weighted by Crippen LogP contribution is 2.28. The number of nitrogen functional groups attached to an aromatic ring is 2. The van der Waals surface area contributed by atoms with Gasteiger partial charge >= 0.3 is 0 Å². The molecule has 1 aromatic heterocycles. The molecule has 0 radical (unpaired) electrons. The van der Waals surface area contributed by atoms with E-state index < -0.39 is 5.82 Å². The number of nitrogens with two attached hydrogens (primary N) is 2. The summed E-state index contributed by atoms with van der Waals surface area (Å²) >= 11 is 0.994. The van der Waals surface area contributed by atoms with Gasteiger partial charge in [-0.25, -0.2) is 14.4 Å². The van der Waals surface area contributed by atoms with Crippen molar-refractivity contribution in [1.82, 2.24) is 9.97 Å². The van der Waals surface area contributed by atoms with Crippen LogP contribution in [0.4, 0.5) is 16.0 Å². The monoisotopic (exact) mass is 278 g/mol. The number of nitrogens with zero attached hydrogens (tertiary/aromatic N) is 2. The summed E-state index contributed by atoms with van der Waals surface area (Å²) in [5, 5.41) is 0.256. The topological polar surface area (TPSA) is 94.9 Å². The van der Waals surface area contributed by atoms with Crippen molar-refractivity contribution >= 4 is 29.2 Å². The van der Waals surface area contributed by atoms with E-state index in [9.17, 15) is 9.18 Å². The Morgan fingerprint density at radius 1 is 1.21 bits per heavy atom. The molecule has 2 aromatic rings. The zero-order valence-electron chi connectivity index (χ0n) is 10.1. The van der Waals surface area contributed by atoms with Gasteiger partial charge in [-0.15, -0.1) is 0 Å². The lowest BCUT2D eigenvalue weighted by Gasteiger charge is -2.05. The number of hydrogen-bond donors (Lipinski definition) is 2. The summed E-state index contributed by atoms with van der Waals surface area (Å²) in [6.07, 6.45) is 0. The number of carbonyl (C=O) groups is 1. The normalized spacial score (nSPS) is 10.4. The van der Waals surface area contributed by atoms with E-state index in [1.54, 1.807) is 6.07 Å². The molecule has 0 aliphatic rings. The Hall–Kier alpha value is -2.15. The highest BCUT2D eigenvalue weighted by molar-refractivity contribution is 7.99. The van der Waals surface area contributed by atoms with E-state index >= 15 is 0 Å². The van der Waals surface area contributed by atoms with Crippen LogP contribution in [0.15, 0.2) is 34.3 Å². The molecular formula is C12H11FN4OS. The summed E-state index contributed by atoms with van der Waals surface area (Å²) in [6, 6.07) is 5.64. The number of benzene rings is 1. The first kappa shape index (κ1) is 13.3. The van der Waals surface area contributed by atoms with E-state index in [0.29, 0.717) is 10.5 Å². The van der Waals surface area contributed by atoms with Crippen LogP contribution in [-0.2, 0) is 0 Å². The van der Waals surface area contributed by atoms with Gasteiger partial charge < -0.3 is 11.5 Å². The summed E-state index contributed by atoms with van der Waals surface area (Å²) in [7, 11) is 0. The maximum Gasteiger partial charge on any atom is 0.196 e. The molecule has 0 saturated heterocycles. The molecule has 1 heterocycles. The standard InChI is InChI=1S/C12H11FN4OS/c1-6(18)7-2-3-9(8(13)4-7)19-12-16-10(14)5-11(15)17-12/h2-5H,1H3,(H4,14,15,16,17). The number of hydrogen-bond acceptors (Lipinski definition) is 6. The van der Waals surface area contributed by atoms with Crippen molar-refractivity contribution in [2.24, 2.45) is 0 Å². The van der Waals surface area contributed by atoms with Gasteiger partial charge in [0.15, 0.2) is 10.9 Å². The Bertz CT molecular complexity index is 627. The summed E-state index contributed by atoms with van der Waals surface area (Å²) in [5.41, 5.74) is 11.4. The fraction of sp³-hybridized carbons (Fsp3) is 0.0833. The maximum absolute atomic E-state index is 13.8. The summed E-state index contributed by atoms with van der Waals surface area (Å²) < 4.78 is 13.8. The van der Waals surface area contributed by atoms with Gasteiger partial charge in [0.05, 0.1) is 4.90 Å². The van der Waals surface area contributed by atoms with E-state index in [1.807, 2.05) is 0 Å². The lowest BCUT2D eigenvalue weighted by molar-refractivity contribution is 0.101. The molecule has 0 bridgehead atoms. The van der Waals surface area contributed by atoms with Gasteiger partial charge in [-0.2, -0.15) is 0 Å². The van der Waals surface area contributed by atoms with Crippen molar-refractivity contribution in [3.63, 3.8) is 0 Å². The predicted molar refractivity (Wildman–Crippen MR) is 71.4 cm³/mol. The summed E-state index contributed by atoms with van der Waals surface area (Å²) in [6.45, 7) is 1.38. The van der Waals surface area contributed by atoms with Crippen LogP contribution < -0.4 is 11.5 Å². The van der Waals surface area contributed by atoms with Crippen LogP contribution in [0.2, 0.25) is 0 Å². The molecule has 1 aromatic carbocycles. The van der Waals surface area contributed by atoms with Gasteiger partial charge in [0.25, 0.3) is 0 Å². The Labute approximate surface area is 113 Å². The quantitative estimate of drug-likeness (QED) is 0.659. The minimum absolute atomic E-state index is 0.195. The van der Waals surface area contributed by atoms with E-state index in [4.69, 9.17) is 11.5 Å². The molecule has 5 nitrogen and oxygen atoms in total. The Kier molecular flexibility index (Phi) is 3.66. The van der Waals surface area contributed by atoms with Crippen LogP contribution in [-0.4, -0.2) is 15.8 Å². The molecule has 0 unspecified atom stereocenters. The number of anilines is 2. The van der Waals surface area contributed by atoms with Crippen molar-refractivity contribution in [2.75, 3.05) is 11.5 Å². The number of carbonyl (C=O) groups excluding carboxylic acids is 1. The molecule has 98 valence electrons. The largest absolute Gasteiger partial charge is 0.383 e. The SMILES string of the molecule is CC(=O)c1ccc(Sc2nc(N)cc(N)n2)c(F)c1. The van der Waals surface area contributed by atoms with Crippen LogP contribution in [0.3, 0.4) is 0 Å². The van der Waals surface area contributed by atoms with Gasteiger partial charge in [0, 0.05) is 11.6 Å². The second kappa shape index (κ2) is 5.23. The second-order valence-electron chi connectivity index (χ2n) is 3.80. The van der Waals surface area contributed by atoms with Crippen LogP contribution in [0.5, 0.6) is 0 Å². The molecule has 0 amide bonds. The molecule has 0 saturated carbocycles. The molecular weight excluding hydrogens is 267 g/mol. The lowest BCUT2D eigenvalue weighted by Crippen LogP contribution is -1.99. The fourth-order valence-electron chi connectivity index (χ4n) is 1.41. The molecule has 19 heavy (non-hydrogen) atoms. The zero-order chi connectivity index (χ0) is 14.0. The highest BCUT2D eigenvalue weighted by atomic mass is 32.2. The first-order valence-electron chi connectivity index (χ1n) is 5.34.